The van der Waals surface area contributed by atoms with E-state index in [9.17, 15) is 13.2 Å². The molecule has 1 saturated heterocycles. The molecule has 1 N–H and O–H groups in total. The molecule has 2 unspecified atom stereocenters. The summed E-state index contributed by atoms with van der Waals surface area (Å²) in [6, 6.07) is 0. The van der Waals surface area contributed by atoms with Crippen LogP contribution in [0.25, 0.3) is 0 Å². The van der Waals surface area contributed by atoms with Crippen LogP contribution < -0.4 is 5.32 Å². The number of hydrogen-bond acceptors (Lipinski definition) is 2. The molecule has 0 radical (unpaired) electrons. The second-order valence-corrected chi connectivity index (χ2v) is 3.29. The molecule has 1 aliphatic rings. The van der Waals surface area contributed by atoms with Gasteiger partial charge in [0.25, 0.3) is 0 Å². The summed E-state index contributed by atoms with van der Waals surface area (Å²) in [6.45, 7) is 2.45. The Balaban J connectivity index is 2.30. The Bertz CT molecular complexity index is 154. The molecule has 0 aromatic rings. The van der Waals surface area contributed by atoms with E-state index < -0.39 is 12.3 Å². The van der Waals surface area contributed by atoms with E-state index in [2.05, 4.69) is 5.32 Å². The third-order valence-corrected chi connectivity index (χ3v) is 2.11. The van der Waals surface area contributed by atoms with Gasteiger partial charge in [0.2, 0.25) is 0 Å². The Hall–Kier alpha value is -0.290. The number of halogens is 3. The van der Waals surface area contributed by atoms with E-state index >= 15 is 0 Å². The summed E-state index contributed by atoms with van der Waals surface area (Å²) in [6.07, 6.45) is -4.58. The number of ether oxygens (including phenoxy) is 1. The third-order valence-electron chi connectivity index (χ3n) is 2.11. The van der Waals surface area contributed by atoms with Crippen molar-refractivity contribution in [1.29, 1.82) is 0 Å². The van der Waals surface area contributed by atoms with Crippen molar-refractivity contribution in [1.82, 2.24) is 5.32 Å². The molecular weight excluding hydrogens is 183 g/mol. The average Bonchev–Trinajstić information content (AvgIpc) is 2.04. The van der Waals surface area contributed by atoms with Crippen LogP contribution in [0.5, 0.6) is 0 Å². The van der Waals surface area contributed by atoms with Gasteiger partial charge in [-0.3, -0.25) is 0 Å². The second kappa shape index (κ2) is 4.28. The van der Waals surface area contributed by atoms with Crippen LogP contribution in [0.15, 0.2) is 0 Å². The summed E-state index contributed by atoms with van der Waals surface area (Å²) in [4.78, 5) is 0. The molecule has 1 rings (SSSR count). The Morgan fingerprint density at radius 3 is 2.62 bits per heavy atom. The standard InChI is InChI=1S/C8H14F3NO/c1-6(8(9,10)11)13-7-3-2-4-12-5-7/h6-7,12H,2-5H2,1H3. The monoisotopic (exact) mass is 197 g/mol. The molecule has 1 heterocycles. The molecule has 0 bridgehead atoms. The number of nitrogens with one attached hydrogen (secondary N) is 1. The van der Waals surface area contributed by atoms with E-state index in [1.54, 1.807) is 0 Å². The van der Waals surface area contributed by atoms with E-state index in [0.717, 1.165) is 19.9 Å². The van der Waals surface area contributed by atoms with Gasteiger partial charge in [0.1, 0.15) is 0 Å². The van der Waals surface area contributed by atoms with E-state index in [1.165, 1.54) is 0 Å². The lowest BCUT2D eigenvalue weighted by Crippen LogP contribution is -2.40. The Morgan fingerprint density at radius 2 is 2.15 bits per heavy atom. The summed E-state index contributed by atoms with van der Waals surface area (Å²) in [5, 5.41) is 3.00. The molecule has 0 saturated carbocycles. The van der Waals surface area contributed by atoms with Crippen LogP contribution in [-0.2, 0) is 4.74 Å². The van der Waals surface area contributed by atoms with Crippen molar-refractivity contribution in [3.8, 4) is 0 Å². The molecule has 0 amide bonds. The highest BCUT2D eigenvalue weighted by Crippen LogP contribution is 2.24. The maximum absolute atomic E-state index is 12.1. The minimum atomic E-state index is -4.24. The number of piperidine rings is 1. The van der Waals surface area contributed by atoms with Gasteiger partial charge in [0.05, 0.1) is 6.10 Å². The highest BCUT2D eigenvalue weighted by molar-refractivity contribution is 4.72. The van der Waals surface area contributed by atoms with Crippen LogP contribution in [0, 0.1) is 0 Å². The molecule has 0 aromatic carbocycles. The summed E-state index contributed by atoms with van der Waals surface area (Å²) in [7, 11) is 0. The summed E-state index contributed by atoms with van der Waals surface area (Å²) in [5.74, 6) is 0. The molecule has 2 nitrogen and oxygen atoms in total. The maximum Gasteiger partial charge on any atom is 0.414 e. The zero-order chi connectivity index (χ0) is 9.90. The van der Waals surface area contributed by atoms with Crippen molar-refractivity contribution >= 4 is 0 Å². The Kier molecular flexibility index (Phi) is 3.55. The molecule has 1 fully saturated rings. The van der Waals surface area contributed by atoms with Gasteiger partial charge >= 0.3 is 6.18 Å². The summed E-state index contributed by atoms with van der Waals surface area (Å²) < 4.78 is 41.0. The first-order valence-electron chi connectivity index (χ1n) is 4.43. The average molecular weight is 197 g/mol. The van der Waals surface area contributed by atoms with Crippen molar-refractivity contribution in [2.45, 2.75) is 38.1 Å². The molecule has 0 spiro atoms. The van der Waals surface area contributed by atoms with Crippen molar-refractivity contribution in [2.75, 3.05) is 13.1 Å². The fraction of sp³-hybridized carbons (Fsp3) is 1.00. The zero-order valence-electron chi connectivity index (χ0n) is 7.53. The quantitative estimate of drug-likeness (QED) is 0.727. The fourth-order valence-electron chi connectivity index (χ4n) is 1.30. The van der Waals surface area contributed by atoms with Crippen LogP contribution >= 0.6 is 0 Å². The first kappa shape index (κ1) is 10.8. The second-order valence-electron chi connectivity index (χ2n) is 3.29. The highest BCUT2D eigenvalue weighted by atomic mass is 19.4. The predicted molar refractivity (Wildman–Crippen MR) is 42.5 cm³/mol. The van der Waals surface area contributed by atoms with Gasteiger partial charge in [-0.05, 0) is 26.3 Å². The van der Waals surface area contributed by atoms with Crippen molar-refractivity contribution in [3.63, 3.8) is 0 Å². The van der Waals surface area contributed by atoms with Gasteiger partial charge in [-0.2, -0.15) is 13.2 Å². The van der Waals surface area contributed by atoms with Gasteiger partial charge in [-0.15, -0.1) is 0 Å². The van der Waals surface area contributed by atoms with Crippen LogP contribution in [0.1, 0.15) is 19.8 Å². The van der Waals surface area contributed by atoms with Gasteiger partial charge in [-0.1, -0.05) is 0 Å². The zero-order valence-corrected chi connectivity index (χ0v) is 7.53. The van der Waals surface area contributed by atoms with Crippen LogP contribution in [0.2, 0.25) is 0 Å². The molecule has 2 atom stereocenters. The lowest BCUT2D eigenvalue weighted by atomic mass is 10.1. The van der Waals surface area contributed by atoms with Crippen LogP contribution in [0.4, 0.5) is 13.2 Å². The van der Waals surface area contributed by atoms with Gasteiger partial charge in [-0.25, -0.2) is 0 Å². The minimum absolute atomic E-state index is 0.287. The normalized spacial score (nSPS) is 27.2. The first-order chi connectivity index (χ1) is 6.00. The van der Waals surface area contributed by atoms with Crippen molar-refractivity contribution in [2.24, 2.45) is 0 Å². The number of hydrogen-bond donors (Lipinski definition) is 1. The molecule has 0 aliphatic carbocycles. The first-order valence-corrected chi connectivity index (χ1v) is 4.43. The van der Waals surface area contributed by atoms with Crippen LogP contribution in [-0.4, -0.2) is 31.5 Å². The fourth-order valence-corrected chi connectivity index (χ4v) is 1.30. The van der Waals surface area contributed by atoms with E-state index in [1.807, 2.05) is 0 Å². The van der Waals surface area contributed by atoms with Gasteiger partial charge < -0.3 is 10.1 Å². The van der Waals surface area contributed by atoms with Gasteiger partial charge in [0.15, 0.2) is 6.10 Å². The lowest BCUT2D eigenvalue weighted by Gasteiger charge is -2.27. The Morgan fingerprint density at radius 1 is 1.46 bits per heavy atom. The smallest absolute Gasteiger partial charge is 0.365 e. The molecule has 0 aromatic heterocycles. The lowest BCUT2D eigenvalue weighted by molar-refractivity contribution is -0.227. The van der Waals surface area contributed by atoms with E-state index in [-0.39, 0.29) is 6.10 Å². The highest BCUT2D eigenvalue weighted by Gasteiger charge is 2.38. The summed E-state index contributed by atoms with van der Waals surface area (Å²) in [5.41, 5.74) is 0. The summed E-state index contributed by atoms with van der Waals surface area (Å²) >= 11 is 0. The van der Waals surface area contributed by atoms with E-state index in [0.29, 0.717) is 13.0 Å². The van der Waals surface area contributed by atoms with Crippen molar-refractivity contribution < 1.29 is 17.9 Å². The van der Waals surface area contributed by atoms with E-state index in [4.69, 9.17) is 4.74 Å². The SMILES string of the molecule is CC(OC1CCCNC1)C(F)(F)F. The van der Waals surface area contributed by atoms with Crippen molar-refractivity contribution in [3.05, 3.63) is 0 Å². The van der Waals surface area contributed by atoms with Gasteiger partial charge in [0, 0.05) is 6.54 Å². The molecule has 1 aliphatic heterocycles. The predicted octanol–water partition coefficient (Wildman–Crippen LogP) is 1.71. The molecule has 13 heavy (non-hydrogen) atoms. The molecule has 5 heteroatoms. The number of rotatable bonds is 2. The molecule has 78 valence electrons. The third kappa shape index (κ3) is 3.52. The Labute approximate surface area is 75.4 Å². The number of alkyl halides is 3. The molecular formula is C8H14F3NO. The largest absolute Gasteiger partial charge is 0.414 e. The topological polar surface area (TPSA) is 21.3 Å². The maximum atomic E-state index is 12.1. The van der Waals surface area contributed by atoms with Crippen LogP contribution in [0.3, 0.4) is 0 Å². The minimum Gasteiger partial charge on any atom is -0.365 e.